The number of hydrogen-bond acceptors (Lipinski definition) is 5. The largest absolute Gasteiger partial charge is 0.398 e. The van der Waals surface area contributed by atoms with Crippen LogP contribution in [0.5, 0.6) is 0 Å². The van der Waals surface area contributed by atoms with Gasteiger partial charge in [0.2, 0.25) is 5.91 Å². The molecule has 0 aliphatic carbocycles. The molecular formula is C14H17N5O. The molecule has 6 nitrogen and oxygen atoms in total. The van der Waals surface area contributed by atoms with E-state index in [0.29, 0.717) is 24.6 Å². The molecule has 0 saturated carbocycles. The van der Waals surface area contributed by atoms with Crippen molar-refractivity contribution < 1.29 is 4.79 Å². The summed E-state index contributed by atoms with van der Waals surface area (Å²) in [7, 11) is 0. The maximum absolute atomic E-state index is 11.2. The summed E-state index contributed by atoms with van der Waals surface area (Å²) in [6.07, 6.45) is 3.34. The number of carbonyl (C=O) groups is 1. The number of amides is 1. The highest BCUT2D eigenvalue weighted by Gasteiger charge is 2.12. The first-order chi connectivity index (χ1) is 9.65. The molecule has 2 rings (SSSR count). The summed E-state index contributed by atoms with van der Waals surface area (Å²) in [6.45, 7) is 1.10. The maximum atomic E-state index is 11.2. The summed E-state index contributed by atoms with van der Waals surface area (Å²) in [6, 6.07) is 9.29. The number of nitrogens with two attached hydrogens (primary N) is 2. The van der Waals surface area contributed by atoms with Crippen LogP contribution in [0.3, 0.4) is 0 Å². The van der Waals surface area contributed by atoms with Crippen LogP contribution in [0.4, 0.5) is 5.69 Å². The number of hydrogen-bond donors (Lipinski definition) is 2. The third-order valence-corrected chi connectivity index (χ3v) is 2.81. The first-order valence-corrected chi connectivity index (χ1v) is 6.25. The van der Waals surface area contributed by atoms with E-state index in [2.05, 4.69) is 9.97 Å². The number of aromatic nitrogens is 2. The molecule has 0 aliphatic rings. The van der Waals surface area contributed by atoms with E-state index in [9.17, 15) is 4.79 Å². The smallest absolute Gasteiger partial charge is 0.231 e. The van der Waals surface area contributed by atoms with E-state index in [1.165, 1.54) is 0 Å². The Hall–Kier alpha value is -2.47. The Morgan fingerprint density at radius 1 is 1.10 bits per heavy atom. The van der Waals surface area contributed by atoms with E-state index in [1.807, 2.05) is 29.2 Å². The van der Waals surface area contributed by atoms with Crippen molar-refractivity contribution >= 4 is 11.6 Å². The van der Waals surface area contributed by atoms with Gasteiger partial charge in [0.25, 0.3) is 0 Å². The molecule has 0 unspecified atom stereocenters. The van der Waals surface area contributed by atoms with E-state index in [4.69, 9.17) is 11.5 Å². The molecular weight excluding hydrogens is 254 g/mol. The minimum absolute atomic E-state index is 0.132. The predicted molar refractivity (Wildman–Crippen MR) is 76.2 cm³/mol. The third kappa shape index (κ3) is 4.03. The van der Waals surface area contributed by atoms with Crippen molar-refractivity contribution in [1.82, 2.24) is 14.9 Å². The molecule has 104 valence electrons. The van der Waals surface area contributed by atoms with Gasteiger partial charge in [0.1, 0.15) is 5.82 Å². The highest BCUT2D eigenvalue weighted by atomic mass is 16.1. The summed E-state index contributed by atoms with van der Waals surface area (Å²) in [5, 5.41) is 0. The lowest BCUT2D eigenvalue weighted by Gasteiger charge is -2.20. The minimum atomic E-state index is -0.393. The molecule has 4 N–H and O–H groups in total. The Morgan fingerprint density at radius 2 is 1.80 bits per heavy atom. The van der Waals surface area contributed by atoms with Crippen molar-refractivity contribution in [1.29, 1.82) is 0 Å². The number of nitrogen functional groups attached to an aromatic ring is 1. The van der Waals surface area contributed by atoms with Crippen LogP contribution in [0.1, 0.15) is 11.4 Å². The van der Waals surface area contributed by atoms with E-state index in [1.54, 1.807) is 18.5 Å². The summed E-state index contributed by atoms with van der Waals surface area (Å²) < 4.78 is 0. The van der Waals surface area contributed by atoms with Crippen molar-refractivity contribution in [2.24, 2.45) is 5.73 Å². The second kappa shape index (κ2) is 6.63. The predicted octanol–water partition coefficient (Wildman–Crippen LogP) is 0.546. The minimum Gasteiger partial charge on any atom is -0.398 e. The fourth-order valence-corrected chi connectivity index (χ4v) is 1.92. The van der Waals surface area contributed by atoms with Crippen molar-refractivity contribution in [3.63, 3.8) is 0 Å². The lowest BCUT2D eigenvalue weighted by atomic mass is 10.1. The van der Waals surface area contributed by atoms with Crippen molar-refractivity contribution in [2.45, 2.75) is 13.1 Å². The second-order valence-electron chi connectivity index (χ2n) is 4.48. The van der Waals surface area contributed by atoms with Gasteiger partial charge >= 0.3 is 0 Å². The molecule has 0 spiro atoms. The van der Waals surface area contributed by atoms with Crippen molar-refractivity contribution in [2.75, 3.05) is 12.3 Å². The zero-order valence-corrected chi connectivity index (χ0v) is 11.1. The van der Waals surface area contributed by atoms with Gasteiger partial charge in [-0.3, -0.25) is 9.69 Å². The topological polar surface area (TPSA) is 98.1 Å². The highest BCUT2D eigenvalue weighted by molar-refractivity contribution is 5.75. The lowest BCUT2D eigenvalue weighted by Crippen LogP contribution is -2.33. The molecule has 0 atom stereocenters. The van der Waals surface area contributed by atoms with E-state index in [0.717, 1.165) is 5.56 Å². The SMILES string of the molecule is NC(=O)CN(Cc1ncccn1)Cc1ccccc1N. The Kier molecular flexibility index (Phi) is 4.62. The number of para-hydroxylation sites is 1. The molecule has 1 aromatic carbocycles. The van der Waals surface area contributed by atoms with Gasteiger partial charge < -0.3 is 11.5 Å². The maximum Gasteiger partial charge on any atom is 0.231 e. The normalized spacial score (nSPS) is 10.7. The molecule has 0 saturated heterocycles. The quantitative estimate of drug-likeness (QED) is 0.747. The first-order valence-electron chi connectivity index (χ1n) is 6.25. The average molecular weight is 271 g/mol. The van der Waals surface area contributed by atoms with E-state index < -0.39 is 5.91 Å². The molecule has 0 aliphatic heterocycles. The number of benzene rings is 1. The first kappa shape index (κ1) is 14.0. The Labute approximate surface area is 117 Å². The molecule has 0 bridgehead atoms. The molecule has 20 heavy (non-hydrogen) atoms. The molecule has 6 heteroatoms. The van der Waals surface area contributed by atoms with Crippen LogP contribution in [-0.4, -0.2) is 27.3 Å². The molecule has 0 radical (unpaired) electrons. The standard InChI is InChI=1S/C14H17N5O/c15-12-5-2-1-4-11(12)8-19(9-13(16)20)10-14-17-6-3-7-18-14/h1-7H,8-10,15H2,(H2,16,20). The van der Waals surface area contributed by atoms with Crippen LogP contribution >= 0.6 is 0 Å². The monoisotopic (exact) mass is 271 g/mol. The van der Waals surface area contributed by atoms with E-state index >= 15 is 0 Å². The third-order valence-electron chi connectivity index (χ3n) is 2.81. The number of primary amides is 1. The van der Waals surface area contributed by atoms with Crippen LogP contribution < -0.4 is 11.5 Å². The van der Waals surface area contributed by atoms with E-state index in [-0.39, 0.29) is 6.54 Å². The highest BCUT2D eigenvalue weighted by Crippen LogP contribution is 2.14. The van der Waals surface area contributed by atoms with Crippen molar-refractivity contribution in [3.8, 4) is 0 Å². The molecule has 1 aromatic heterocycles. The Balaban J connectivity index is 2.12. The fourth-order valence-electron chi connectivity index (χ4n) is 1.92. The van der Waals surface area contributed by atoms with Gasteiger partial charge in [-0.2, -0.15) is 0 Å². The van der Waals surface area contributed by atoms with Gasteiger partial charge in [-0.1, -0.05) is 18.2 Å². The van der Waals surface area contributed by atoms with Gasteiger partial charge in [-0.05, 0) is 17.7 Å². The second-order valence-corrected chi connectivity index (χ2v) is 4.48. The fraction of sp³-hybridized carbons (Fsp3) is 0.214. The molecule has 0 fully saturated rings. The Morgan fingerprint density at radius 3 is 2.45 bits per heavy atom. The molecule has 1 heterocycles. The van der Waals surface area contributed by atoms with Crippen LogP contribution in [0.2, 0.25) is 0 Å². The van der Waals surface area contributed by atoms with Crippen LogP contribution in [0, 0.1) is 0 Å². The average Bonchev–Trinajstić information content (AvgIpc) is 2.42. The molecule has 1 amide bonds. The summed E-state index contributed by atoms with van der Waals surface area (Å²) in [5.41, 5.74) is 12.8. The Bertz CT molecular complexity index is 573. The zero-order valence-electron chi connectivity index (χ0n) is 11.1. The van der Waals surface area contributed by atoms with Gasteiger partial charge in [0.15, 0.2) is 0 Å². The van der Waals surface area contributed by atoms with Gasteiger partial charge in [-0.15, -0.1) is 0 Å². The summed E-state index contributed by atoms with van der Waals surface area (Å²) in [5.74, 6) is 0.249. The van der Waals surface area contributed by atoms with Crippen LogP contribution in [-0.2, 0) is 17.9 Å². The van der Waals surface area contributed by atoms with Crippen LogP contribution in [0.15, 0.2) is 42.7 Å². The van der Waals surface area contributed by atoms with Gasteiger partial charge in [0.05, 0.1) is 13.1 Å². The summed E-state index contributed by atoms with van der Waals surface area (Å²) in [4.78, 5) is 21.4. The summed E-state index contributed by atoms with van der Waals surface area (Å²) >= 11 is 0. The van der Waals surface area contributed by atoms with Gasteiger partial charge in [0, 0.05) is 24.6 Å². The number of nitrogens with zero attached hydrogens (tertiary/aromatic N) is 3. The number of carbonyl (C=O) groups excluding carboxylic acids is 1. The van der Waals surface area contributed by atoms with Crippen LogP contribution in [0.25, 0.3) is 0 Å². The molecule has 2 aromatic rings. The lowest BCUT2D eigenvalue weighted by molar-refractivity contribution is -0.119. The van der Waals surface area contributed by atoms with Crippen molar-refractivity contribution in [3.05, 3.63) is 54.1 Å². The zero-order chi connectivity index (χ0) is 14.4. The number of rotatable bonds is 6. The van der Waals surface area contributed by atoms with Gasteiger partial charge in [-0.25, -0.2) is 9.97 Å². The number of anilines is 1.